The van der Waals surface area contributed by atoms with Crippen molar-refractivity contribution >= 4 is 0 Å². The maximum absolute atomic E-state index is 5.74. The minimum absolute atomic E-state index is 0.101. The lowest BCUT2D eigenvalue weighted by molar-refractivity contribution is 0.308. The monoisotopic (exact) mass is 330 g/mol. The summed E-state index contributed by atoms with van der Waals surface area (Å²) in [5.41, 5.74) is 6.88. The van der Waals surface area contributed by atoms with E-state index in [-0.39, 0.29) is 5.41 Å². The minimum Gasteiger partial charge on any atom is -0.115 e. The Labute approximate surface area is 153 Å². The molecule has 0 aliphatic heterocycles. The van der Waals surface area contributed by atoms with Crippen LogP contribution in [0.3, 0.4) is 0 Å². The van der Waals surface area contributed by atoms with Crippen LogP contribution < -0.4 is 0 Å². The number of terminal acetylenes is 1. The van der Waals surface area contributed by atoms with Crippen LogP contribution in [0.4, 0.5) is 0 Å². The normalized spacial score (nSPS) is 16.6. The van der Waals surface area contributed by atoms with Gasteiger partial charge in [-0.25, -0.2) is 0 Å². The van der Waals surface area contributed by atoms with Gasteiger partial charge in [-0.2, -0.15) is 0 Å². The van der Waals surface area contributed by atoms with Crippen LogP contribution in [0.25, 0.3) is 11.1 Å². The average molecular weight is 331 g/mol. The molecular formula is C25H30. The van der Waals surface area contributed by atoms with E-state index in [1.807, 2.05) is 0 Å². The molecule has 25 heavy (non-hydrogen) atoms. The second-order valence-corrected chi connectivity index (χ2v) is 7.97. The van der Waals surface area contributed by atoms with Gasteiger partial charge in [-0.15, -0.1) is 6.42 Å². The van der Waals surface area contributed by atoms with Crippen molar-refractivity contribution in [3.8, 4) is 23.5 Å². The number of fused-ring (bicyclic) bond motifs is 3. The van der Waals surface area contributed by atoms with Crippen molar-refractivity contribution in [2.24, 2.45) is 11.8 Å². The zero-order chi connectivity index (χ0) is 18.0. The van der Waals surface area contributed by atoms with E-state index in [0.717, 1.165) is 5.56 Å². The van der Waals surface area contributed by atoms with Gasteiger partial charge in [0.1, 0.15) is 0 Å². The first-order chi connectivity index (χ1) is 12.1. The third kappa shape index (κ3) is 3.02. The molecule has 2 aromatic rings. The Hall–Kier alpha value is -2.00. The standard InChI is InChI=1S/C25H30/c1-6-18(4)16-25(17-19(5)7-2)23-12-10-9-11-21(23)22-14-13-20(8-3)15-24(22)25/h3,9-15,18-19H,6-7,16-17H2,1-2,4-5H3/t18-,19-/m0/s1. The van der Waals surface area contributed by atoms with Gasteiger partial charge in [-0.1, -0.05) is 76.8 Å². The van der Waals surface area contributed by atoms with Gasteiger partial charge < -0.3 is 0 Å². The zero-order valence-electron chi connectivity index (χ0n) is 16.1. The molecule has 0 heteroatoms. The van der Waals surface area contributed by atoms with Gasteiger partial charge in [0.05, 0.1) is 0 Å². The molecular weight excluding hydrogens is 300 g/mol. The van der Waals surface area contributed by atoms with E-state index in [1.54, 1.807) is 0 Å². The molecule has 0 unspecified atom stereocenters. The summed E-state index contributed by atoms with van der Waals surface area (Å²) >= 11 is 0. The van der Waals surface area contributed by atoms with Crippen molar-refractivity contribution < 1.29 is 0 Å². The fraction of sp³-hybridized carbons (Fsp3) is 0.440. The van der Waals surface area contributed by atoms with Crippen LogP contribution in [-0.2, 0) is 5.41 Å². The van der Waals surface area contributed by atoms with E-state index in [1.165, 1.54) is 47.9 Å². The molecule has 1 aliphatic carbocycles. The lowest BCUT2D eigenvalue weighted by Gasteiger charge is -2.37. The maximum Gasteiger partial charge on any atom is 0.0246 e. The Morgan fingerprint density at radius 2 is 1.48 bits per heavy atom. The Morgan fingerprint density at radius 3 is 2.08 bits per heavy atom. The van der Waals surface area contributed by atoms with Crippen LogP contribution in [0.2, 0.25) is 0 Å². The molecule has 2 aromatic carbocycles. The molecule has 0 saturated heterocycles. The largest absolute Gasteiger partial charge is 0.115 e. The first-order valence-corrected chi connectivity index (χ1v) is 9.76. The van der Waals surface area contributed by atoms with Gasteiger partial charge in [0, 0.05) is 11.0 Å². The van der Waals surface area contributed by atoms with Gasteiger partial charge in [-0.05, 0) is 59.1 Å². The Morgan fingerprint density at radius 1 is 0.880 bits per heavy atom. The first kappa shape index (κ1) is 17.8. The number of benzene rings is 2. The van der Waals surface area contributed by atoms with Crippen molar-refractivity contribution in [1.29, 1.82) is 0 Å². The summed E-state index contributed by atoms with van der Waals surface area (Å²) in [6.45, 7) is 9.40. The van der Waals surface area contributed by atoms with Crippen molar-refractivity contribution in [2.75, 3.05) is 0 Å². The molecule has 3 rings (SSSR count). The highest BCUT2D eigenvalue weighted by molar-refractivity contribution is 5.81. The van der Waals surface area contributed by atoms with E-state index < -0.39 is 0 Å². The Kier molecular flexibility index (Phi) is 5.05. The molecule has 0 spiro atoms. The van der Waals surface area contributed by atoms with E-state index in [4.69, 9.17) is 6.42 Å². The van der Waals surface area contributed by atoms with Crippen LogP contribution in [0.1, 0.15) is 70.1 Å². The zero-order valence-corrected chi connectivity index (χ0v) is 16.1. The fourth-order valence-electron chi connectivity index (χ4n) is 4.55. The molecule has 2 atom stereocenters. The van der Waals surface area contributed by atoms with Gasteiger partial charge in [-0.3, -0.25) is 0 Å². The van der Waals surface area contributed by atoms with Crippen LogP contribution in [0.5, 0.6) is 0 Å². The highest BCUT2D eigenvalue weighted by Gasteiger charge is 2.44. The quantitative estimate of drug-likeness (QED) is 0.510. The highest BCUT2D eigenvalue weighted by Crippen LogP contribution is 2.55. The first-order valence-electron chi connectivity index (χ1n) is 9.76. The van der Waals surface area contributed by atoms with E-state index in [2.05, 4.69) is 76.1 Å². The molecule has 1 aliphatic rings. The third-order valence-electron chi connectivity index (χ3n) is 6.22. The summed E-state index contributed by atoms with van der Waals surface area (Å²) in [4.78, 5) is 0. The molecule has 0 saturated carbocycles. The van der Waals surface area contributed by atoms with Crippen LogP contribution >= 0.6 is 0 Å². The van der Waals surface area contributed by atoms with E-state index >= 15 is 0 Å². The summed E-state index contributed by atoms with van der Waals surface area (Å²) in [6, 6.07) is 15.7. The molecule has 0 radical (unpaired) electrons. The van der Waals surface area contributed by atoms with Gasteiger partial charge >= 0.3 is 0 Å². The lowest BCUT2D eigenvalue weighted by atomic mass is 9.66. The SMILES string of the molecule is C#Cc1ccc2c(c1)C(C[C@@H](C)CC)(C[C@@H](C)CC)c1ccccc1-2. The topological polar surface area (TPSA) is 0 Å². The summed E-state index contributed by atoms with van der Waals surface area (Å²) in [5.74, 6) is 4.24. The summed E-state index contributed by atoms with van der Waals surface area (Å²) in [6.07, 6.45) is 10.6. The molecule has 0 nitrogen and oxygen atoms in total. The number of rotatable bonds is 6. The molecule has 0 N–H and O–H groups in total. The molecule has 0 aromatic heterocycles. The van der Waals surface area contributed by atoms with Gasteiger partial charge in [0.2, 0.25) is 0 Å². The van der Waals surface area contributed by atoms with Crippen LogP contribution in [0, 0.1) is 24.2 Å². The Balaban J connectivity index is 2.26. The number of hydrogen-bond acceptors (Lipinski definition) is 0. The van der Waals surface area contributed by atoms with Crippen molar-refractivity contribution in [1.82, 2.24) is 0 Å². The second kappa shape index (κ2) is 7.09. The lowest BCUT2D eigenvalue weighted by Crippen LogP contribution is -2.30. The van der Waals surface area contributed by atoms with Crippen molar-refractivity contribution in [3.63, 3.8) is 0 Å². The fourth-order valence-corrected chi connectivity index (χ4v) is 4.55. The number of hydrogen-bond donors (Lipinski definition) is 0. The van der Waals surface area contributed by atoms with Gasteiger partial charge in [0.25, 0.3) is 0 Å². The average Bonchev–Trinajstić information content (AvgIpc) is 2.91. The Bertz CT molecular complexity index is 778. The maximum atomic E-state index is 5.74. The highest BCUT2D eigenvalue weighted by atomic mass is 14.5. The molecule has 0 bridgehead atoms. The summed E-state index contributed by atoms with van der Waals surface area (Å²) < 4.78 is 0. The minimum atomic E-state index is 0.101. The van der Waals surface area contributed by atoms with Crippen LogP contribution in [-0.4, -0.2) is 0 Å². The van der Waals surface area contributed by atoms with Crippen LogP contribution in [0.15, 0.2) is 42.5 Å². The van der Waals surface area contributed by atoms with Gasteiger partial charge in [0.15, 0.2) is 0 Å². The van der Waals surface area contributed by atoms with E-state index in [9.17, 15) is 0 Å². The molecule has 0 heterocycles. The third-order valence-corrected chi connectivity index (χ3v) is 6.22. The molecule has 130 valence electrons. The molecule has 0 amide bonds. The smallest absolute Gasteiger partial charge is 0.0246 e. The summed E-state index contributed by atoms with van der Waals surface area (Å²) in [5, 5.41) is 0. The van der Waals surface area contributed by atoms with Crippen molar-refractivity contribution in [2.45, 2.75) is 58.8 Å². The summed E-state index contributed by atoms with van der Waals surface area (Å²) in [7, 11) is 0. The van der Waals surface area contributed by atoms with E-state index in [0.29, 0.717) is 11.8 Å². The molecule has 0 fully saturated rings. The van der Waals surface area contributed by atoms with Crippen molar-refractivity contribution in [3.05, 3.63) is 59.2 Å². The second-order valence-electron chi connectivity index (χ2n) is 7.97. The predicted octanol–water partition coefficient (Wildman–Crippen LogP) is 6.81. The predicted molar refractivity (Wildman–Crippen MR) is 109 cm³/mol.